The first-order valence-corrected chi connectivity index (χ1v) is 6.70. The minimum Gasteiger partial charge on any atom is -0.464 e. The highest BCUT2D eigenvalue weighted by atomic mass is 16.6. The van der Waals surface area contributed by atoms with Gasteiger partial charge in [-0.1, -0.05) is 30.3 Å². The minimum atomic E-state index is -0.295. The van der Waals surface area contributed by atoms with Gasteiger partial charge >= 0.3 is 5.97 Å². The Morgan fingerprint density at radius 2 is 1.84 bits per heavy atom. The second-order valence-corrected chi connectivity index (χ2v) is 4.63. The first-order chi connectivity index (χ1) is 9.28. The first-order valence-electron chi connectivity index (χ1n) is 6.70. The Labute approximate surface area is 113 Å². The first kappa shape index (κ1) is 14.0. The lowest BCUT2D eigenvalue weighted by molar-refractivity contribution is -0.158. The van der Waals surface area contributed by atoms with Crippen LogP contribution in [-0.4, -0.2) is 31.4 Å². The Bertz CT molecular complexity index is 384. The third-order valence-corrected chi connectivity index (χ3v) is 3.12. The Morgan fingerprint density at radius 3 is 2.53 bits per heavy atom. The van der Waals surface area contributed by atoms with E-state index in [-0.39, 0.29) is 24.8 Å². The summed E-state index contributed by atoms with van der Waals surface area (Å²) in [6.45, 7) is 2.87. The maximum absolute atomic E-state index is 11.1. The molecule has 1 fully saturated rings. The largest absolute Gasteiger partial charge is 0.464 e. The van der Waals surface area contributed by atoms with Crippen molar-refractivity contribution >= 4 is 5.97 Å². The zero-order chi connectivity index (χ0) is 13.5. The molecule has 0 saturated heterocycles. The zero-order valence-electron chi connectivity index (χ0n) is 11.2. The number of hydrogen-bond acceptors (Lipinski definition) is 4. The molecule has 4 heteroatoms. The number of rotatable bonds is 7. The summed E-state index contributed by atoms with van der Waals surface area (Å²) in [7, 11) is 0. The lowest BCUT2D eigenvalue weighted by Gasteiger charge is -2.34. The summed E-state index contributed by atoms with van der Waals surface area (Å²) in [5.41, 5.74) is 1.18. The molecule has 19 heavy (non-hydrogen) atoms. The molecule has 1 saturated carbocycles. The van der Waals surface area contributed by atoms with Crippen LogP contribution in [-0.2, 0) is 25.6 Å². The molecule has 1 aliphatic rings. The number of esters is 1. The minimum absolute atomic E-state index is 0.0455. The van der Waals surface area contributed by atoms with Gasteiger partial charge in [-0.3, -0.25) is 0 Å². The summed E-state index contributed by atoms with van der Waals surface area (Å²) in [6, 6.07) is 10.1. The van der Waals surface area contributed by atoms with Crippen molar-refractivity contribution in [1.29, 1.82) is 0 Å². The maximum atomic E-state index is 11.1. The standard InChI is InChI=1S/C15H20O4/c1-2-17-15(16)11-19-14-8-13(9-14)18-10-12-6-4-3-5-7-12/h3-7,13-14H,2,8-11H2,1H3/t13-,14+. The van der Waals surface area contributed by atoms with Crippen molar-refractivity contribution in [1.82, 2.24) is 0 Å². The van der Waals surface area contributed by atoms with Crippen LogP contribution in [0.2, 0.25) is 0 Å². The summed E-state index contributed by atoms with van der Waals surface area (Å²) in [4.78, 5) is 11.1. The Hall–Kier alpha value is -1.39. The molecule has 0 radical (unpaired) electrons. The average molecular weight is 264 g/mol. The maximum Gasteiger partial charge on any atom is 0.332 e. The molecule has 1 aromatic carbocycles. The molecule has 0 aromatic heterocycles. The Morgan fingerprint density at radius 1 is 1.16 bits per heavy atom. The highest BCUT2D eigenvalue weighted by molar-refractivity contribution is 5.70. The van der Waals surface area contributed by atoms with E-state index in [1.165, 1.54) is 5.56 Å². The highest BCUT2D eigenvalue weighted by Gasteiger charge is 2.31. The highest BCUT2D eigenvalue weighted by Crippen LogP contribution is 2.27. The molecule has 0 N–H and O–H groups in total. The number of benzene rings is 1. The van der Waals surface area contributed by atoms with Crippen molar-refractivity contribution in [3.63, 3.8) is 0 Å². The number of carbonyl (C=O) groups is 1. The summed E-state index contributed by atoms with van der Waals surface area (Å²) in [5.74, 6) is -0.295. The predicted molar refractivity (Wildman–Crippen MR) is 70.6 cm³/mol. The fourth-order valence-corrected chi connectivity index (χ4v) is 1.97. The van der Waals surface area contributed by atoms with Gasteiger partial charge < -0.3 is 14.2 Å². The van der Waals surface area contributed by atoms with Crippen molar-refractivity contribution in [3.05, 3.63) is 35.9 Å². The fourth-order valence-electron chi connectivity index (χ4n) is 1.97. The van der Waals surface area contributed by atoms with E-state index in [2.05, 4.69) is 0 Å². The van der Waals surface area contributed by atoms with Gasteiger partial charge in [-0.15, -0.1) is 0 Å². The molecule has 0 spiro atoms. The number of hydrogen-bond donors (Lipinski definition) is 0. The van der Waals surface area contributed by atoms with E-state index >= 15 is 0 Å². The third-order valence-electron chi connectivity index (χ3n) is 3.12. The monoisotopic (exact) mass is 264 g/mol. The molecular weight excluding hydrogens is 244 g/mol. The average Bonchev–Trinajstić information content (AvgIpc) is 2.38. The fraction of sp³-hybridized carbons (Fsp3) is 0.533. The van der Waals surface area contributed by atoms with E-state index in [0.717, 1.165) is 12.8 Å². The smallest absolute Gasteiger partial charge is 0.332 e. The van der Waals surface area contributed by atoms with Gasteiger partial charge in [0.25, 0.3) is 0 Å². The topological polar surface area (TPSA) is 44.8 Å². The van der Waals surface area contributed by atoms with Gasteiger partial charge in [-0.05, 0) is 25.3 Å². The van der Waals surface area contributed by atoms with Gasteiger partial charge in [0.2, 0.25) is 0 Å². The SMILES string of the molecule is CCOC(=O)CO[C@H]1C[C@@H](OCc2ccccc2)C1. The quantitative estimate of drug-likeness (QED) is 0.709. The number of carbonyl (C=O) groups excluding carboxylic acids is 1. The van der Waals surface area contributed by atoms with Crippen LogP contribution in [0.3, 0.4) is 0 Å². The molecule has 0 atom stereocenters. The third kappa shape index (κ3) is 4.65. The van der Waals surface area contributed by atoms with Crippen LogP contribution in [0.5, 0.6) is 0 Å². The molecule has 0 unspecified atom stereocenters. The van der Waals surface area contributed by atoms with Crippen molar-refractivity contribution in [3.8, 4) is 0 Å². The van der Waals surface area contributed by atoms with Gasteiger partial charge in [0.1, 0.15) is 6.61 Å². The second kappa shape index (κ2) is 7.26. The summed E-state index contributed by atoms with van der Waals surface area (Å²) in [5, 5.41) is 0. The predicted octanol–water partition coefficient (Wildman–Crippen LogP) is 2.31. The van der Waals surface area contributed by atoms with Crippen molar-refractivity contribution in [2.24, 2.45) is 0 Å². The van der Waals surface area contributed by atoms with Gasteiger partial charge in [0, 0.05) is 0 Å². The van der Waals surface area contributed by atoms with Crippen LogP contribution in [0.4, 0.5) is 0 Å². The lowest BCUT2D eigenvalue weighted by atomic mass is 9.92. The molecule has 4 nitrogen and oxygen atoms in total. The van der Waals surface area contributed by atoms with Gasteiger partial charge in [-0.25, -0.2) is 4.79 Å². The van der Waals surface area contributed by atoms with Crippen LogP contribution in [0, 0.1) is 0 Å². The number of ether oxygens (including phenoxy) is 3. The molecular formula is C15H20O4. The van der Waals surface area contributed by atoms with Crippen molar-refractivity contribution in [2.75, 3.05) is 13.2 Å². The van der Waals surface area contributed by atoms with E-state index in [0.29, 0.717) is 13.2 Å². The van der Waals surface area contributed by atoms with Crippen LogP contribution < -0.4 is 0 Å². The van der Waals surface area contributed by atoms with Gasteiger partial charge in [0.15, 0.2) is 0 Å². The van der Waals surface area contributed by atoms with E-state index < -0.39 is 0 Å². The van der Waals surface area contributed by atoms with Gasteiger partial charge in [-0.2, -0.15) is 0 Å². The lowest BCUT2D eigenvalue weighted by Crippen LogP contribution is -2.38. The van der Waals surface area contributed by atoms with Crippen LogP contribution >= 0.6 is 0 Å². The molecule has 2 rings (SSSR count). The molecule has 0 heterocycles. The molecule has 0 bridgehead atoms. The molecule has 0 amide bonds. The second-order valence-electron chi connectivity index (χ2n) is 4.63. The summed E-state index contributed by atoms with van der Waals surface area (Å²) < 4.78 is 16.0. The van der Waals surface area contributed by atoms with E-state index in [1.807, 2.05) is 30.3 Å². The van der Waals surface area contributed by atoms with Crippen LogP contribution in [0.25, 0.3) is 0 Å². The van der Waals surface area contributed by atoms with E-state index in [1.54, 1.807) is 6.92 Å². The van der Waals surface area contributed by atoms with Crippen LogP contribution in [0.15, 0.2) is 30.3 Å². The summed E-state index contributed by atoms with van der Waals surface area (Å²) >= 11 is 0. The van der Waals surface area contributed by atoms with E-state index in [4.69, 9.17) is 14.2 Å². The zero-order valence-corrected chi connectivity index (χ0v) is 11.2. The molecule has 0 aliphatic heterocycles. The summed E-state index contributed by atoms with van der Waals surface area (Å²) in [6.07, 6.45) is 2.08. The van der Waals surface area contributed by atoms with E-state index in [9.17, 15) is 4.79 Å². The Kier molecular flexibility index (Phi) is 5.36. The van der Waals surface area contributed by atoms with Gasteiger partial charge in [0.05, 0.1) is 25.4 Å². The molecule has 1 aromatic rings. The molecule has 104 valence electrons. The van der Waals surface area contributed by atoms with Crippen molar-refractivity contribution < 1.29 is 19.0 Å². The van der Waals surface area contributed by atoms with Crippen LogP contribution in [0.1, 0.15) is 25.3 Å². The molecule has 1 aliphatic carbocycles. The van der Waals surface area contributed by atoms with Crippen molar-refractivity contribution in [2.45, 2.75) is 38.6 Å². The normalized spacial score (nSPS) is 21.7. The Balaban J connectivity index is 1.55.